The summed E-state index contributed by atoms with van der Waals surface area (Å²) in [6.45, 7) is 24.1. The predicted octanol–water partition coefficient (Wildman–Crippen LogP) is 6.01. The topological polar surface area (TPSA) is 0 Å². The van der Waals surface area contributed by atoms with Gasteiger partial charge in [-0.1, -0.05) is 75.7 Å². The molecule has 0 heteroatoms. The molecule has 0 radical (unpaired) electrons. The molecule has 0 nitrogen and oxygen atoms in total. The summed E-state index contributed by atoms with van der Waals surface area (Å²) < 4.78 is 0. The second-order valence-electron chi connectivity index (χ2n) is 7.82. The van der Waals surface area contributed by atoms with Crippen molar-refractivity contribution in [1.29, 1.82) is 0 Å². The number of rotatable bonds is 5. The van der Waals surface area contributed by atoms with Gasteiger partial charge in [0.2, 0.25) is 0 Å². The average molecular weight is 240 g/mol. The summed E-state index contributed by atoms with van der Waals surface area (Å²) in [5.74, 6) is 3.09. The van der Waals surface area contributed by atoms with Gasteiger partial charge in [0.1, 0.15) is 0 Å². The van der Waals surface area contributed by atoms with E-state index in [1.165, 1.54) is 6.42 Å². The lowest BCUT2D eigenvalue weighted by molar-refractivity contribution is 0.0300. The predicted molar refractivity (Wildman–Crippen MR) is 80.2 cm³/mol. The van der Waals surface area contributed by atoms with Crippen LogP contribution in [0.2, 0.25) is 0 Å². The van der Waals surface area contributed by atoms with Crippen molar-refractivity contribution in [3.05, 3.63) is 0 Å². The van der Waals surface area contributed by atoms with E-state index < -0.39 is 0 Å². The quantitative estimate of drug-likeness (QED) is 0.552. The Kier molecular flexibility index (Phi) is 5.76. The van der Waals surface area contributed by atoms with Crippen LogP contribution in [0.1, 0.15) is 75.7 Å². The van der Waals surface area contributed by atoms with E-state index in [2.05, 4.69) is 69.2 Å². The average Bonchev–Trinajstić information content (AvgIpc) is 2.23. The fourth-order valence-electron chi connectivity index (χ4n) is 3.08. The fraction of sp³-hybridized carbons (Fsp3) is 1.00. The standard InChI is InChI=1S/C17H36/c1-11-17(10,12(2)3)15(6)13(4)14(5)16(7,8)9/h12-15H,11H2,1-10H3. The van der Waals surface area contributed by atoms with Crippen LogP contribution in [-0.4, -0.2) is 0 Å². The third-order valence-electron chi connectivity index (χ3n) is 6.06. The third kappa shape index (κ3) is 3.73. The Bertz CT molecular complexity index is 221. The second-order valence-corrected chi connectivity index (χ2v) is 7.82. The Labute approximate surface area is 111 Å². The van der Waals surface area contributed by atoms with Crippen LogP contribution in [0, 0.1) is 34.5 Å². The molecule has 0 aromatic heterocycles. The monoisotopic (exact) mass is 240 g/mol. The van der Waals surface area contributed by atoms with E-state index in [0.717, 1.165) is 23.7 Å². The van der Waals surface area contributed by atoms with Crippen LogP contribution in [0.5, 0.6) is 0 Å². The van der Waals surface area contributed by atoms with E-state index in [4.69, 9.17) is 0 Å². The van der Waals surface area contributed by atoms with Gasteiger partial charge in [-0.3, -0.25) is 0 Å². The second kappa shape index (κ2) is 5.76. The molecule has 104 valence electrons. The number of hydrogen-bond acceptors (Lipinski definition) is 0. The first-order valence-electron chi connectivity index (χ1n) is 7.48. The first kappa shape index (κ1) is 17.0. The van der Waals surface area contributed by atoms with Crippen molar-refractivity contribution in [3.8, 4) is 0 Å². The maximum Gasteiger partial charge on any atom is -0.0277 e. The van der Waals surface area contributed by atoms with Crippen molar-refractivity contribution < 1.29 is 0 Å². The lowest BCUT2D eigenvalue weighted by atomic mass is 9.59. The molecule has 0 rings (SSSR count). The van der Waals surface area contributed by atoms with E-state index in [0.29, 0.717) is 10.8 Å². The lowest BCUT2D eigenvalue weighted by Crippen LogP contribution is -2.39. The molecule has 0 saturated carbocycles. The summed E-state index contributed by atoms with van der Waals surface area (Å²) in [6, 6.07) is 0. The van der Waals surface area contributed by atoms with E-state index >= 15 is 0 Å². The van der Waals surface area contributed by atoms with Crippen molar-refractivity contribution in [2.24, 2.45) is 34.5 Å². The molecule has 0 aromatic rings. The summed E-state index contributed by atoms with van der Waals surface area (Å²) >= 11 is 0. The zero-order valence-corrected chi connectivity index (χ0v) is 14.0. The van der Waals surface area contributed by atoms with Gasteiger partial charge in [0.15, 0.2) is 0 Å². The minimum absolute atomic E-state index is 0.416. The van der Waals surface area contributed by atoms with E-state index in [1.807, 2.05) is 0 Å². The minimum atomic E-state index is 0.416. The Morgan fingerprint density at radius 2 is 1.18 bits per heavy atom. The van der Waals surface area contributed by atoms with Gasteiger partial charge < -0.3 is 0 Å². The van der Waals surface area contributed by atoms with Gasteiger partial charge >= 0.3 is 0 Å². The lowest BCUT2D eigenvalue weighted by Gasteiger charge is -2.46. The third-order valence-corrected chi connectivity index (χ3v) is 6.06. The zero-order valence-electron chi connectivity index (χ0n) is 14.0. The Hall–Kier alpha value is 0. The Morgan fingerprint density at radius 1 is 0.765 bits per heavy atom. The molecule has 0 aliphatic rings. The van der Waals surface area contributed by atoms with Crippen LogP contribution in [0.25, 0.3) is 0 Å². The fourth-order valence-corrected chi connectivity index (χ4v) is 3.08. The highest BCUT2D eigenvalue weighted by atomic mass is 14.4. The van der Waals surface area contributed by atoms with Crippen LogP contribution >= 0.6 is 0 Å². The molecule has 4 atom stereocenters. The molecule has 0 aliphatic heterocycles. The molecule has 0 bridgehead atoms. The highest BCUT2D eigenvalue weighted by molar-refractivity contribution is 4.88. The van der Waals surface area contributed by atoms with E-state index in [1.54, 1.807) is 0 Å². The molecular formula is C17H36. The van der Waals surface area contributed by atoms with Crippen molar-refractivity contribution in [1.82, 2.24) is 0 Å². The van der Waals surface area contributed by atoms with Gasteiger partial charge in [0.25, 0.3) is 0 Å². The summed E-state index contributed by atoms with van der Waals surface area (Å²) in [5, 5.41) is 0. The van der Waals surface area contributed by atoms with E-state index in [-0.39, 0.29) is 0 Å². The van der Waals surface area contributed by atoms with Crippen LogP contribution < -0.4 is 0 Å². The van der Waals surface area contributed by atoms with Crippen molar-refractivity contribution >= 4 is 0 Å². The Morgan fingerprint density at radius 3 is 1.41 bits per heavy atom. The van der Waals surface area contributed by atoms with Gasteiger partial charge in [-0.2, -0.15) is 0 Å². The summed E-state index contributed by atoms with van der Waals surface area (Å²) in [4.78, 5) is 0. The SMILES string of the molecule is CCC(C)(C(C)C)C(C)C(C)C(C)C(C)(C)C. The maximum absolute atomic E-state index is 2.48. The molecule has 0 amide bonds. The normalized spacial score (nSPS) is 22.1. The molecule has 4 unspecified atom stereocenters. The van der Waals surface area contributed by atoms with Crippen LogP contribution in [-0.2, 0) is 0 Å². The first-order valence-corrected chi connectivity index (χ1v) is 7.48. The summed E-state index contributed by atoms with van der Waals surface area (Å²) in [7, 11) is 0. The molecule has 0 heterocycles. The summed E-state index contributed by atoms with van der Waals surface area (Å²) in [6.07, 6.45) is 1.28. The van der Waals surface area contributed by atoms with Gasteiger partial charge in [0, 0.05) is 0 Å². The molecule has 17 heavy (non-hydrogen) atoms. The smallest absolute Gasteiger partial charge is 0.0277 e. The van der Waals surface area contributed by atoms with Crippen LogP contribution in [0.15, 0.2) is 0 Å². The molecule has 0 spiro atoms. The van der Waals surface area contributed by atoms with Gasteiger partial charge in [0.05, 0.1) is 0 Å². The highest BCUT2D eigenvalue weighted by Crippen LogP contribution is 2.47. The Balaban J connectivity index is 4.97. The van der Waals surface area contributed by atoms with E-state index in [9.17, 15) is 0 Å². The zero-order chi connectivity index (χ0) is 14.0. The number of hydrogen-bond donors (Lipinski definition) is 0. The summed E-state index contributed by atoms with van der Waals surface area (Å²) in [5.41, 5.74) is 0.887. The van der Waals surface area contributed by atoms with Crippen molar-refractivity contribution in [3.63, 3.8) is 0 Å². The first-order chi connectivity index (χ1) is 7.48. The maximum atomic E-state index is 2.48. The molecule has 0 aromatic carbocycles. The van der Waals surface area contributed by atoms with Gasteiger partial charge in [-0.05, 0) is 34.5 Å². The largest absolute Gasteiger partial charge is 0.0648 e. The molecule has 0 saturated heterocycles. The van der Waals surface area contributed by atoms with Gasteiger partial charge in [-0.25, -0.2) is 0 Å². The van der Waals surface area contributed by atoms with Crippen LogP contribution in [0.4, 0.5) is 0 Å². The molecule has 0 fully saturated rings. The molecular weight excluding hydrogens is 204 g/mol. The van der Waals surface area contributed by atoms with Gasteiger partial charge in [-0.15, -0.1) is 0 Å². The molecule has 0 N–H and O–H groups in total. The van der Waals surface area contributed by atoms with Crippen molar-refractivity contribution in [2.75, 3.05) is 0 Å². The molecule has 0 aliphatic carbocycles. The van der Waals surface area contributed by atoms with Crippen LogP contribution in [0.3, 0.4) is 0 Å². The van der Waals surface area contributed by atoms with Crippen molar-refractivity contribution in [2.45, 2.75) is 75.7 Å². The highest BCUT2D eigenvalue weighted by Gasteiger charge is 2.39. The minimum Gasteiger partial charge on any atom is -0.0648 e.